The Morgan fingerprint density at radius 3 is 2.51 bits per heavy atom. The number of benzene rings is 2. The summed E-state index contributed by atoms with van der Waals surface area (Å²) in [5.41, 5.74) is 1.11. The monoisotopic (exact) mass is 501 g/mol. The van der Waals surface area contributed by atoms with Crippen molar-refractivity contribution in [3.63, 3.8) is 0 Å². The Kier molecular flexibility index (Phi) is 6.28. The van der Waals surface area contributed by atoms with Crippen molar-refractivity contribution in [3.05, 3.63) is 60.2 Å². The molecule has 0 radical (unpaired) electrons. The van der Waals surface area contributed by atoms with Gasteiger partial charge < -0.3 is 19.1 Å². The molecule has 9 nitrogen and oxygen atoms in total. The van der Waals surface area contributed by atoms with Crippen molar-refractivity contribution in [1.82, 2.24) is 9.55 Å². The number of rotatable bonds is 6. The minimum absolute atomic E-state index is 0.0674. The van der Waals surface area contributed by atoms with Gasteiger partial charge in [0.1, 0.15) is 11.3 Å². The Labute approximate surface area is 201 Å². The van der Waals surface area contributed by atoms with E-state index in [2.05, 4.69) is 4.98 Å². The van der Waals surface area contributed by atoms with E-state index < -0.39 is 28.1 Å². The van der Waals surface area contributed by atoms with E-state index in [1.54, 1.807) is 44.3 Å². The van der Waals surface area contributed by atoms with Crippen LogP contribution in [0.2, 0.25) is 0 Å². The van der Waals surface area contributed by atoms with Gasteiger partial charge in [-0.15, -0.1) is 0 Å². The quantitative estimate of drug-likeness (QED) is 0.308. The first-order valence-corrected chi connectivity index (χ1v) is 12.5. The summed E-state index contributed by atoms with van der Waals surface area (Å²) >= 11 is 0. The van der Waals surface area contributed by atoms with Crippen LogP contribution >= 0.6 is 0 Å². The van der Waals surface area contributed by atoms with Gasteiger partial charge in [-0.2, -0.15) is 0 Å². The van der Waals surface area contributed by atoms with Crippen molar-refractivity contribution < 1.29 is 32.2 Å². The fraction of sp³-hybridized carbons (Fsp3) is 0.250. The normalized spacial score (nSPS) is 11.8. The largest absolute Gasteiger partial charge is 0.514 e. The molecule has 0 amide bonds. The Balaban J connectivity index is 2.03. The highest BCUT2D eigenvalue weighted by molar-refractivity contribution is 7.92. The molecule has 0 aliphatic carbocycles. The molecule has 0 spiro atoms. The molecule has 0 aliphatic rings. The molecule has 0 fully saturated rings. The second-order valence-electron chi connectivity index (χ2n) is 8.32. The van der Waals surface area contributed by atoms with Crippen LogP contribution < -0.4 is 9.04 Å². The van der Waals surface area contributed by atoms with Gasteiger partial charge in [-0.1, -0.05) is 12.1 Å². The van der Waals surface area contributed by atoms with Crippen molar-refractivity contribution in [2.24, 2.45) is 0 Å². The fourth-order valence-electron chi connectivity index (χ4n) is 3.80. The molecule has 0 atom stereocenters. The molecule has 0 saturated heterocycles. The predicted molar refractivity (Wildman–Crippen MR) is 130 cm³/mol. The van der Waals surface area contributed by atoms with Crippen molar-refractivity contribution in [1.29, 1.82) is 0 Å². The van der Waals surface area contributed by atoms with E-state index in [4.69, 9.17) is 9.47 Å². The van der Waals surface area contributed by atoms with Crippen LogP contribution in [0.25, 0.3) is 21.7 Å². The molecule has 1 N–H and O–H groups in total. The number of carbonyl (C=O) groups excluding carboxylic acids is 1. The molecule has 0 aliphatic heterocycles. The van der Waals surface area contributed by atoms with Crippen LogP contribution in [0.1, 0.15) is 19.4 Å². The number of hydrogen-bond acceptors (Lipinski definition) is 7. The average molecular weight is 502 g/mol. The van der Waals surface area contributed by atoms with Gasteiger partial charge in [0, 0.05) is 30.2 Å². The lowest BCUT2D eigenvalue weighted by Crippen LogP contribution is -2.25. The van der Waals surface area contributed by atoms with Crippen molar-refractivity contribution in [3.8, 4) is 11.6 Å². The number of hydrogen-bond donors (Lipinski definition) is 1. The van der Waals surface area contributed by atoms with Gasteiger partial charge in [-0.3, -0.25) is 9.29 Å². The number of aromatic hydroxyl groups is 1. The number of pyridine rings is 1. The highest BCUT2D eigenvalue weighted by Crippen LogP contribution is 2.47. The number of fused-ring (bicyclic) bond motifs is 2. The van der Waals surface area contributed by atoms with Crippen LogP contribution in [0.4, 0.5) is 14.9 Å². The van der Waals surface area contributed by atoms with E-state index in [1.807, 2.05) is 0 Å². The van der Waals surface area contributed by atoms with Crippen LogP contribution in [0.3, 0.4) is 0 Å². The predicted octanol–water partition coefficient (Wildman–Crippen LogP) is 4.40. The number of nitrogens with zero attached hydrogens (tertiary/aromatic N) is 3. The number of sulfonamides is 1. The van der Waals surface area contributed by atoms with Crippen molar-refractivity contribution >= 4 is 43.5 Å². The molecule has 2 heterocycles. The van der Waals surface area contributed by atoms with E-state index in [1.165, 1.54) is 29.9 Å². The minimum Gasteiger partial charge on any atom is -0.494 e. The number of carbonyl (C=O) groups is 1. The summed E-state index contributed by atoms with van der Waals surface area (Å²) in [7, 11) is -2.33. The number of halogens is 1. The van der Waals surface area contributed by atoms with Gasteiger partial charge >= 0.3 is 6.16 Å². The lowest BCUT2D eigenvalue weighted by Gasteiger charge is -2.21. The van der Waals surface area contributed by atoms with E-state index in [9.17, 15) is 22.7 Å². The van der Waals surface area contributed by atoms with Crippen LogP contribution in [-0.4, -0.2) is 48.6 Å². The zero-order valence-corrected chi connectivity index (χ0v) is 20.3. The minimum atomic E-state index is -3.72. The summed E-state index contributed by atoms with van der Waals surface area (Å²) in [4.78, 5) is 16.7. The smallest absolute Gasteiger partial charge is 0.494 e. The lowest BCUT2D eigenvalue weighted by molar-refractivity contribution is 0.0736. The SMILES string of the molecule is CC(C)OC(=O)Oc1c2ncccc2c(N(C)S(C)(=O)=O)c2cn(Cc3ccc(F)cc3)c(O)c12. The Hall–Kier alpha value is -3.86. The van der Waals surface area contributed by atoms with Crippen molar-refractivity contribution in [2.75, 3.05) is 17.6 Å². The van der Waals surface area contributed by atoms with E-state index in [-0.39, 0.29) is 34.8 Å². The molecule has 2 aromatic carbocycles. The Morgan fingerprint density at radius 1 is 1.20 bits per heavy atom. The first-order valence-electron chi connectivity index (χ1n) is 10.7. The van der Waals surface area contributed by atoms with Gasteiger partial charge in [-0.25, -0.2) is 17.6 Å². The van der Waals surface area contributed by atoms with Gasteiger partial charge in [-0.05, 0) is 43.7 Å². The summed E-state index contributed by atoms with van der Waals surface area (Å²) in [6, 6.07) is 9.00. The lowest BCUT2D eigenvalue weighted by atomic mass is 10.1. The first kappa shape index (κ1) is 24.3. The maximum Gasteiger partial charge on any atom is 0.514 e. The molecule has 4 rings (SSSR count). The Morgan fingerprint density at radius 2 is 1.89 bits per heavy atom. The molecular formula is C24H24FN3O6S. The van der Waals surface area contributed by atoms with Crippen molar-refractivity contribution in [2.45, 2.75) is 26.5 Å². The standard InChI is InChI=1S/C24H24FN3O6S/c1-14(2)33-24(30)34-22-19-18(13-28(23(19)29)12-15-7-9-16(25)10-8-15)21(27(3)35(4,31)32)17-6-5-11-26-20(17)22/h5-11,13-14,29H,12H2,1-4H3. The maximum atomic E-state index is 13.4. The van der Waals surface area contributed by atoms with Crippen LogP contribution in [0, 0.1) is 5.82 Å². The fourth-order valence-corrected chi connectivity index (χ4v) is 4.33. The topological polar surface area (TPSA) is 111 Å². The summed E-state index contributed by atoms with van der Waals surface area (Å²) in [6.45, 7) is 3.46. The Bertz CT molecular complexity index is 1530. The third kappa shape index (κ3) is 4.72. The van der Waals surface area contributed by atoms with E-state index in [0.717, 1.165) is 10.6 Å². The van der Waals surface area contributed by atoms with E-state index >= 15 is 0 Å². The maximum absolute atomic E-state index is 13.4. The number of anilines is 1. The van der Waals surface area contributed by atoms with Crippen LogP contribution in [-0.2, 0) is 21.3 Å². The van der Waals surface area contributed by atoms with Crippen LogP contribution in [0.15, 0.2) is 48.8 Å². The molecule has 184 valence electrons. The average Bonchev–Trinajstić information content (AvgIpc) is 3.09. The molecule has 0 bridgehead atoms. The molecule has 35 heavy (non-hydrogen) atoms. The summed E-state index contributed by atoms with van der Waals surface area (Å²) < 4.78 is 51.6. The molecule has 11 heteroatoms. The highest BCUT2D eigenvalue weighted by atomic mass is 32.2. The number of ether oxygens (including phenoxy) is 2. The van der Waals surface area contributed by atoms with Gasteiger partial charge in [0.15, 0.2) is 5.75 Å². The third-order valence-corrected chi connectivity index (χ3v) is 6.58. The van der Waals surface area contributed by atoms with Gasteiger partial charge in [0.25, 0.3) is 0 Å². The van der Waals surface area contributed by atoms with Crippen LogP contribution in [0.5, 0.6) is 11.6 Å². The van der Waals surface area contributed by atoms with Gasteiger partial charge in [0.05, 0.1) is 30.0 Å². The molecular weight excluding hydrogens is 477 g/mol. The first-order chi connectivity index (χ1) is 16.5. The zero-order chi connectivity index (χ0) is 25.5. The van der Waals surface area contributed by atoms with Gasteiger partial charge in [0.2, 0.25) is 15.9 Å². The molecule has 2 aromatic heterocycles. The molecule has 0 saturated carbocycles. The molecule has 0 unspecified atom stereocenters. The summed E-state index contributed by atoms with van der Waals surface area (Å²) in [6.07, 6.45) is 2.62. The second-order valence-corrected chi connectivity index (χ2v) is 10.3. The highest BCUT2D eigenvalue weighted by Gasteiger charge is 2.28. The zero-order valence-electron chi connectivity index (χ0n) is 19.5. The third-order valence-electron chi connectivity index (χ3n) is 5.41. The summed E-state index contributed by atoms with van der Waals surface area (Å²) in [5.74, 6) is -0.751. The second kappa shape index (κ2) is 9.06. The summed E-state index contributed by atoms with van der Waals surface area (Å²) in [5, 5.41) is 12.0. The molecule has 4 aromatic rings. The number of aromatic nitrogens is 2. The van der Waals surface area contributed by atoms with E-state index in [0.29, 0.717) is 16.3 Å².